The first-order valence-corrected chi connectivity index (χ1v) is 15.2. The fourth-order valence-electron chi connectivity index (χ4n) is 4.76. The van der Waals surface area contributed by atoms with Gasteiger partial charge >= 0.3 is 0 Å². The third kappa shape index (κ3) is 7.46. The molecule has 0 unspecified atom stereocenters. The van der Waals surface area contributed by atoms with Crippen LogP contribution in [0.5, 0.6) is 0 Å². The summed E-state index contributed by atoms with van der Waals surface area (Å²) in [6, 6.07) is 10.4. The second-order valence-corrected chi connectivity index (χ2v) is 12.7. The largest absolute Gasteiger partial charge is 0.348 e. The molecule has 202 valence electrons. The lowest BCUT2D eigenvalue weighted by Gasteiger charge is -2.30. The molecule has 6 nitrogen and oxygen atoms in total. The summed E-state index contributed by atoms with van der Waals surface area (Å²) in [4.78, 5) is 13.6. The van der Waals surface area contributed by atoms with Crippen LogP contribution in [0.25, 0.3) is 6.08 Å². The van der Waals surface area contributed by atoms with Crippen LogP contribution >= 0.6 is 23.2 Å². The van der Waals surface area contributed by atoms with Gasteiger partial charge in [0.25, 0.3) is 5.91 Å². The Labute approximate surface area is 233 Å². The van der Waals surface area contributed by atoms with E-state index in [1.165, 1.54) is 41.9 Å². The monoisotopic (exact) mass is 577 g/mol. The van der Waals surface area contributed by atoms with Crippen molar-refractivity contribution in [1.82, 2.24) is 5.32 Å². The number of rotatable bonds is 5. The van der Waals surface area contributed by atoms with Crippen molar-refractivity contribution in [2.75, 3.05) is 16.5 Å². The third-order valence-electron chi connectivity index (χ3n) is 6.79. The predicted octanol–water partition coefficient (Wildman–Crippen LogP) is 6.41. The van der Waals surface area contributed by atoms with Crippen LogP contribution < -0.4 is 10.3 Å². The van der Waals surface area contributed by atoms with E-state index >= 15 is 0 Å². The van der Waals surface area contributed by atoms with Crippen LogP contribution in [0, 0.1) is 11.7 Å². The third-order valence-corrected chi connectivity index (χ3v) is 8.78. The van der Waals surface area contributed by atoms with Crippen molar-refractivity contribution < 1.29 is 17.6 Å². The topological polar surface area (TPSA) is 78.8 Å². The van der Waals surface area contributed by atoms with Gasteiger partial charge < -0.3 is 5.32 Å². The van der Waals surface area contributed by atoms with Gasteiger partial charge in [0.2, 0.25) is 0 Å². The molecule has 1 fully saturated rings. The van der Waals surface area contributed by atoms with Crippen molar-refractivity contribution in [3.63, 3.8) is 0 Å². The molecule has 0 radical (unpaired) electrons. The number of nitrogens with one attached hydrogen (secondary N) is 1. The van der Waals surface area contributed by atoms with Gasteiger partial charge in [-0.05, 0) is 79.3 Å². The fourth-order valence-corrected chi connectivity index (χ4v) is 6.44. The number of benzene rings is 2. The summed E-state index contributed by atoms with van der Waals surface area (Å²) in [5.74, 6) is -1.16. The van der Waals surface area contributed by atoms with Crippen LogP contribution in [0.4, 0.5) is 10.1 Å². The van der Waals surface area contributed by atoms with Crippen LogP contribution in [0.2, 0.25) is 10.0 Å². The van der Waals surface area contributed by atoms with Crippen LogP contribution in [0.3, 0.4) is 0 Å². The minimum Gasteiger partial charge on any atom is -0.348 e. The molecule has 0 spiro atoms. The van der Waals surface area contributed by atoms with Crippen molar-refractivity contribution in [3.8, 4) is 0 Å². The Morgan fingerprint density at radius 2 is 1.84 bits per heavy atom. The van der Waals surface area contributed by atoms with Crippen LogP contribution in [0.1, 0.15) is 44.6 Å². The molecule has 1 heterocycles. The molecule has 1 aliphatic carbocycles. The van der Waals surface area contributed by atoms with Crippen molar-refractivity contribution in [2.24, 2.45) is 11.0 Å². The van der Waals surface area contributed by atoms with Crippen LogP contribution in [-0.4, -0.2) is 38.1 Å². The number of amides is 1. The summed E-state index contributed by atoms with van der Waals surface area (Å²) in [7, 11) is -3.65. The minimum absolute atomic E-state index is 0.0553. The summed E-state index contributed by atoms with van der Waals surface area (Å²) < 4.78 is 39.4. The van der Waals surface area contributed by atoms with E-state index in [1.807, 2.05) is 6.92 Å². The zero-order valence-corrected chi connectivity index (χ0v) is 23.4. The van der Waals surface area contributed by atoms with Crippen molar-refractivity contribution in [2.45, 2.75) is 45.1 Å². The smallest absolute Gasteiger partial charge is 0.269 e. The van der Waals surface area contributed by atoms with Gasteiger partial charge in [-0.1, -0.05) is 54.6 Å². The number of hydrogen-bond acceptors (Lipinski definition) is 5. The summed E-state index contributed by atoms with van der Waals surface area (Å²) >= 11 is 12.6. The van der Waals surface area contributed by atoms with Gasteiger partial charge in [-0.15, -0.1) is 0 Å². The second kappa shape index (κ2) is 12.5. The fraction of sp³-hybridized carbons (Fsp3) is 0.357. The molecule has 38 heavy (non-hydrogen) atoms. The number of carbonyl (C=O) groups is 1. The first-order chi connectivity index (χ1) is 18.1. The lowest BCUT2D eigenvalue weighted by Crippen LogP contribution is -2.42. The summed E-state index contributed by atoms with van der Waals surface area (Å²) in [6.45, 7) is 1.98. The standard InChI is InChI=1S/C28H30Cl2FN3O3S/c1-19(22-5-3-2-4-6-22)33-28(35)27-13-14-38(36,37)18-21(15-20-7-10-24(31)11-8-20)17-32-34(27)26-12-9-23(29)16-25(26)30/h7-13,15-17,19,22H,2-6,14,18H2,1H3,(H,33,35)/b21-15-,27-13+,32-17+/t19-/m1/s1. The van der Waals surface area contributed by atoms with E-state index in [9.17, 15) is 17.6 Å². The number of nitrogens with zero attached hydrogens (tertiary/aromatic N) is 2. The maximum absolute atomic E-state index is 13.6. The van der Waals surface area contributed by atoms with E-state index in [1.54, 1.807) is 30.3 Å². The molecular weight excluding hydrogens is 548 g/mol. The van der Waals surface area contributed by atoms with Gasteiger partial charge in [0.05, 0.1) is 28.4 Å². The highest BCUT2D eigenvalue weighted by molar-refractivity contribution is 7.91. The van der Waals surface area contributed by atoms with Gasteiger partial charge in [-0.25, -0.2) is 17.8 Å². The van der Waals surface area contributed by atoms with E-state index in [-0.39, 0.29) is 28.3 Å². The first kappa shape index (κ1) is 28.3. The van der Waals surface area contributed by atoms with E-state index in [0.29, 0.717) is 27.8 Å². The van der Waals surface area contributed by atoms with Crippen molar-refractivity contribution >= 4 is 56.9 Å². The molecule has 2 aliphatic rings. The molecule has 2 aromatic carbocycles. The molecule has 1 N–H and O–H groups in total. The van der Waals surface area contributed by atoms with Crippen LogP contribution in [-0.2, 0) is 14.6 Å². The van der Waals surface area contributed by atoms with Gasteiger partial charge in [0.1, 0.15) is 11.5 Å². The molecule has 2 aromatic rings. The number of carbonyl (C=O) groups excluding carboxylic acids is 1. The molecule has 1 atom stereocenters. The number of hydrogen-bond donors (Lipinski definition) is 1. The Morgan fingerprint density at radius 1 is 1.13 bits per heavy atom. The Morgan fingerprint density at radius 3 is 2.53 bits per heavy atom. The van der Waals surface area contributed by atoms with E-state index < -0.39 is 21.6 Å². The van der Waals surface area contributed by atoms with Gasteiger partial charge in [-0.3, -0.25) is 4.79 Å². The molecule has 0 bridgehead atoms. The predicted molar refractivity (Wildman–Crippen MR) is 153 cm³/mol. The molecule has 4 rings (SSSR count). The Kier molecular flexibility index (Phi) is 9.28. The molecule has 0 aromatic heterocycles. The second-order valence-electron chi connectivity index (χ2n) is 9.73. The zero-order valence-electron chi connectivity index (χ0n) is 21.0. The SMILES string of the molecule is C[C@@H](NC(=O)/C1=C\CS(=O)(=O)CC(=C\c2ccc(F)cc2)/C=N/N1c1ccc(Cl)cc1Cl)C1CCCCC1. The average molecular weight is 579 g/mol. The molecule has 0 saturated heterocycles. The highest BCUT2D eigenvalue weighted by Crippen LogP contribution is 2.33. The summed E-state index contributed by atoms with van der Waals surface area (Å²) in [5, 5.41) is 9.60. The Hall–Kier alpha value is -2.68. The number of halogens is 3. The minimum atomic E-state index is -3.65. The van der Waals surface area contributed by atoms with Gasteiger partial charge in [-0.2, -0.15) is 5.10 Å². The van der Waals surface area contributed by atoms with E-state index in [4.69, 9.17) is 23.2 Å². The van der Waals surface area contributed by atoms with Crippen molar-refractivity contribution in [3.05, 3.63) is 81.2 Å². The quantitative estimate of drug-likeness (QED) is 0.445. The van der Waals surface area contributed by atoms with Crippen LogP contribution in [0.15, 0.2) is 64.9 Å². The van der Waals surface area contributed by atoms with E-state index in [2.05, 4.69) is 10.4 Å². The normalized spacial score (nSPS) is 22.5. The number of sulfone groups is 1. The molecular formula is C28H30Cl2FN3O3S. The molecule has 1 aliphatic heterocycles. The first-order valence-electron chi connectivity index (χ1n) is 12.6. The molecule has 1 amide bonds. The molecule has 10 heteroatoms. The average Bonchev–Trinajstić information content (AvgIpc) is 2.93. The summed E-state index contributed by atoms with van der Waals surface area (Å²) in [6.07, 6.45) is 9.93. The maximum atomic E-state index is 13.6. The van der Waals surface area contributed by atoms with Crippen molar-refractivity contribution in [1.29, 1.82) is 0 Å². The Bertz CT molecular complexity index is 1370. The highest BCUT2D eigenvalue weighted by Gasteiger charge is 2.28. The van der Waals surface area contributed by atoms with Gasteiger partial charge in [0.15, 0.2) is 9.84 Å². The van der Waals surface area contributed by atoms with Gasteiger partial charge in [0, 0.05) is 11.1 Å². The summed E-state index contributed by atoms with van der Waals surface area (Å²) in [5.41, 5.74) is 1.42. The number of anilines is 1. The molecule has 1 saturated carbocycles. The lowest BCUT2D eigenvalue weighted by atomic mass is 9.84. The highest BCUT2D eigenvalue weighted by atomic mass is 35.5. The maximum Gasteiger partial charge on any atom is 0.269 e. The lowest BCUT2D eigenvalue weighted by molar-refractivity contribution is -0.118. The van der Waals surface area contributed by atoms with E-state index in [0.717, 1.165) is 25.7 Å². The zero-order chi connectivity index (χ0) is 27.3. The Balaban J connectivity index is 1.74. The number of hydrazone groups is 1.